The number of thiazole rings is 1. The van der Waals surface area contributed by atoms with Crippen LogP contribution in [0.1, 0.15) is 5.69 Å². The summed E-state index contributed by atoms with van der Waals surface area (Å²) >= 11 is 1.49. The Kier molecular flexibility index (Phi) is 2.38. The monoisotopic (exact) mass is 248 g/mol. The number of nitrogens with zero attached hydrogens (tertiary/aromatic N) is 3. The van der Waals surface area contributed by atoms with E-state index in [0.29, 0.717) is 12.4 Å². The largest absolute Gasteiger partial charge is 0.325 e. The highest BCUT2D eigenvalue weighted by Crippen LogP contribution is 2.20. The van der Waals surface area contributed by atoms with E-state index in [1.165, 1.54) is 23.5 Å². The zero-order chi connectivity index (χ0) is 11.8. The number of fused-ring (bicyclic) bond motifs is 1. The van der Waals surface area contributed by atoms with Gasteiger partial charge in [0.15, 0.2) is 5.82 Å². The highest BCUT2D eigenvalue weighted by atomic mass is 32.1. The molecule has 0 aliphatic heterocycles. The van der Waals surface area contributed by atoms with Gasteiger partial charge in [-0.25, -0.2) is 8.91 Å². The Hall–Kier alpha value is -1.79. The number of nitrogens with two attached hydrogens (primary N) is 1. The van der Waals surface area contributed by atoms with Gasteiger partial charge < -0.3 is 5.73 Å². The van der Waals surface area contributed by atoms with E-state index in [-0.39, 0.29) is 5.82 Å². The molecular weight excluding hydrogens is 239 g/mol. The Morgan fingerprint density at radius 2 is 2.06 bits per heavy atom. The number of rotatable bonds is 2. The summed E-state index contributed by atoms with van der Waals surface area (Å²) in [5, 5.41) is 6.29. The molecule has 3 rings (SSSR count). The van der Waals surface area contributed by atoms with Crippen molar-refractivity contribution in [1.82, 2.24) is 14.6 Å². The van der Waals surface area contributed by atoms with E-state index in [9.17, 15) is 4.39 Å². The molecule has 0 saturated carbocycles. The Bertz CT molecular complexity index is 656. The minimum absolute atomic E-state index is 0.266. The maximum absolute atomic E-state index is 12.8. The summed E-state index contributed by atoms with van der Waals surface area (Å²) in [4.78, 5) is 5.17. The van der Waals surface area contributed by atoms with Gasteiger partial charge in [-0.1, -0.05) is 0 Å². The van der Waals surface area contributed by atoms with Crippen molar-refractivity contribution in [2.45, 2.75) is 6.54 Å². The van der Waals surface area contributed by atoms with E-state index in [1.54, 1.807) is 16.6 Å². The van der Waals surface area contributed by atoms with Crippen LogP contribution in [0.5, 0.6) is 0 Å². The average molecular weight is 248 g/mol. The van der Waals surface area contributed by atoms with E-state index < -0.39 is 0 Å². The van der Waals surface area contributed by atoms with Crippen LogP contribution < -0.4 is 5.73 Å². The molecule has 0 fully saturated rings. The third-order valence-corrected chi connectivity index (χ3v) is 3.33. The quantitative estimate of drug-likeness (QED) is 0.755. The normalized spacial score (nSPS) is 11.2. The lowest BCUT2D eigenvalue weighted by Crippen LogP contribution is -2.00. The summed E-state index contributed by atoms with van der Waals surface area (Å²) in [5.74, 6) is 0.323. The third-order valence-electron chi connectivity index (χ3n) is 2.46. The van der Waals surface area contributed by atoms with Crippen LogP contribution in [0.25, 0.3) is 16.3 Å². The number of hydrogen-bond acceptors (Lipinski definition) is 4. The molecule has 0 amide bonds. The number of hydrogen-bond donors (Lipinski definition) is 1. The fourth-order valence-corrected chi connectivity index (χ4v) is 2.42. The summed E-state index contributed by atoms with van der Waals surface area (Å²) in [6, 6.07) is 6.12. The van der Waals surface area contributed by atoms with Gasteiger partial charge >= 0.3 is 0 Å². The van der Waals surface area contributed by atoms with Gasteiger partial charge in [-0.05, 0) is 24.3 Å². The molecule has 6 heteroatoms. The zero-order valence-electron chi connectivity index (χ0n) is 8.80. The minimum atomic E-state index is -0.266. The fourth-order valence-electron chi connectivity index (χ4n) is 1.59. The lowest BCUT2D eigenvalue weighted by Gasteiger charge is -1.94. The van der Waals surface area contributed by atoms with Crippen LogP contribution >= 0.6 is 11.3 Å². The maximum atomic E-state index is 12.8. The summed E-state index contributed by atoms with van der Waals surface area (Å²) in [5.41, 5.74) is 7.32. The van der Waals surface area contributed by atoms with Crippen LogP contribution in [0.15, 0.2) is 29.6 Å². The second-order valence-corrected chi connectivity index (χ2v) is 4.40. The van der Waals surface area contributed by atoms with E-state index >= 15 is 0 Å². The van der Waals surface area contributed by atoms with Crippen LogP contribution in [-0.2, 0) is 6.54 Å². The van der Waals surface area contributed by atoms with Crippen molar-refractivity contribution >= 4 is 16.3 Å². The second-order valence-electron chi connectivity index (χ2n) is 3.57. The molecule has 2 aromatic heterocycles. The van der Waals surface area contributed by atoms with Gasteiger partial charge in [0, 0.05) is 17.5 Å². The summed E-state index contributed by atoms with van der Waals surface area (Å²) in [6.07, 6.45) is 0. The van der Waals surface area contributed by atoms with Crippen LogP contribution in [0.4, 0.5) is 4.39 Å². The number of benzene rings is 1. The second kappa shape index (κ2) is 3.90. The van der Waals surface area contributed by atoms with Gasteiger partial charge in [0.25, 0.3) is 0 Å². The van der Waals surface area contributed by atoms with Crippen molar-refractivity contribution < 1.29 is 4.39 Å². The molecule has 0 aliphatic carbocycles. The molecule has 0 atom stereocenters. The molecule has 2 N–H and O–H groups in total. The van der Waals surface area contributed by atoms with Crippen LogP contribution in [0, 0.1) is 5.82 Å². The SMILES string of the molecule is NCc1csc2nc(-c3ccc(F)cc3)nn12. The van der Waals surface area contributed by atoms with Crippen LogP contribution in [-0.4, -0.2) is 14.6 Å². The Morgan fingerprint density at radius 1 is 1.29 bits per heavy atom. The van der Waals surface area contributed by atoms with Crippen molar-refractivity contribution in [2.75, 3.05) is 0 Å². The van der Waals surface area contributed by atoms with Crippen molar-refractivity contribution in [2.24, 2.45) is 5.73 Å². The van der Waals surface area contributed by atoms with Crippen LogP contribution in [0.2, 0.25) is 0 Å². The van der Waals surface area contributed by atoms with Gasteiger partial charge in [0.05, 0.1) is 5.69 Å². The first-order valence-corrected chi connectivity index (χ1v) is 5.95. The average Bonchev–Trinajstić information content (AvgIpc) is 2.89. The highest BCUT2D eigenvalue weighted by molar-refractivity contribution is 7.15. The fraction of sp³-hybridized carbons (Fsp3) is 0.0909. The zero-order valence-corrected chi connectivity index (χ0v) is 9.62. The first-order chi connectivity index (χ1) is 8.28. The van der Waals surface area contributed by atoms with Gasteiger partial charge in [0.2, 0.25) is 4.96 Å². The predicted molar refractivity (Wildman–Crippen MR) is 64.1 cm³/mol. The maximum Gasteiger partial charge on any atom is 0.212 e. The van der Waals surface area contributed by atoms with Gasteiger partial charge in [0.1, 0.15) is 5.82 Å². The summed E-state index contributed by atoms with van der Waals surface area (Å²) in [6.45, 7) is 0.423. The molecule has 0 aliphatic rings. The van der Waals surface area contributed by atoms with Crippen LogP contribution in [0.3, 0.4) is 0 Å². The molecule has 4 nitrogen and oxygen atoms in total. The molecule has 0 spiro atoms. The Balaban J connectivity index is 2.11. The molecule has 0 unspecified atom stereocenters. The molecule has 0 saturated heterocycles. The molecule has 2 heterocycles. The Labute approximate surface area is 101 Å². The van der Waals surface area contributed by atoms with E-state index in [0.717, 1.165) is 16.2 Å². The van der Waals surface area contributed by atoms with Crippen molar-refractivity contribution in [3.05, 3.63) is 41.2 Å². The number of aromatic nitrogens is 3. The van der Waals surface area contributed by atoms with E-state index in [4.69, 9.17) is 5.73 Å². The minimum Gasteiger partial charge on any atom is -0.325 e. The Morgan fingerprint density at radius 3 is 2.76 bits per heavy atom. The molecule has 3 aromatic rings. The predicted octanol–water partition coefficient (Wildman–Crippen LogP) is 2.06. The standard InChI is InChI=1S/C11H9FN4S/c12-8-3-1-7(2-4-8)10-14-11-16(15-10)9(5-13)6-17-11/h1-4,6H,5,13H2. The van der Waals surface area contributed by atoms with Gasteiger partial charge in [-0.3, -0.25) is 0 Å². The molecule has 1 aromatic carbocycles. The van der Waals surface area contributed by atoms with Gasteiger partial charge in [-0.2, -0.15) is 4.98 Å². The summed E-state index contributed by atoms with van der Waals surface area (Å²) < 4.78 is 14.5. The first kappa shape index (κ1) is 10.4. The highest BCUT2D eigenvalue weighted by Gasteiger charge is 2.10. The smallest absolute Gasteiger partial charge is 0.212 e. The van der Waals surface area contributed by atoms with Crippen molar-refractivity contribution in [1.29, 1.82) is 0 Å². The van der Waals surface area contributed by atoms with E-state index in [2.05, 4.69) is 10.1 Å². The molecular formula is C11H9FN4S. The van der Waals surface area contributed by atoms with Crippen molar-refractivity contribution in [3.8, 4) is 11.4 Å². The van der Waals surface area contributed by atoms with E-state index in [1.807, 2.05) is 5.38 Å². The molecule has 86 valence electrons. The topological polar surface area (TPSA) is 56.2 Å². The first-order valence-electron chi connectivity index (χ1n) is 5.07. The molecule has 0 radical (unpaired) electrons. The van der Waals surface area contributed by atoms with Crippen molar-refractivity contribution in [3.63, 3.8) is 0 Å². The lowest BCUT2D eigenvalue weighted by molar-refractivity contribution is 0.628. The molecule has 17 heavy (non-hydrogen) atoms. The number of halogens is 1. The third kappa shape index (κ3) is 1.71. The lowest BCUT2D eigenvalue weighted by atomic mass is 10.2. The summed E-state index contributed by atoms with van der Waals surface area (Å²) in [7, 11) is 0. The van der Waals surface area contributed by atoms with Gasteiger partial charge in [-0.15, -0.1) is 16.4 Å². The molecule has 0 bridgehead atoms.